The zero-order valence-corrected chi connectivity index (χ0v) is 21.4. The monoisotopic (exact) mass is 530 g/mol. The van der Waals surface area contributed by atoms with Gasteiger partial charge >= 0.3 is 5.97 Å². The molecule has 2 amide bonds. The summed E-state index contributed by atoms with van der Waals surface area (Å²) in [6.45, 7) is -0.227. The number of amides is 2. The van der Waals surface area contributed by atoms with Gasteiger partial charge in [-0.05, 0) is 23.3 Å². The molecule has 0 aliphatic carbocycles. The maximum Gasteiger partial charge on any atom is 0.359 e. The van der Waals surface area contributed by atoms with Gasteiger partial charge in [0.25, 0.3) is 11.8 Å². The third-order valence-corrected chi connectivity index (χ3v) is 7.49. The van der Waals surface area contributed by atoms with Crippen LogP contribution in [-0.4, -0.2) is 53.6 Å². The highest BCUT2D eigenvalue weighted by Gasteiger charge is 2.55. The van der Waals surface area contributed by atoms with Crippen LogP contribution in [0.4, 0.5) is 0 Å². The van der Waals surface area contributed by atoms with Crippen LogP contribution in [0.3, 0.4) is 0 Å². The van der Waals surface area contributed by atoms with E-state index in [9.17, 15) is 14.4 Å². The zero-order valence-electron chi connectivity index (χ0n) is 20.6. The maximum absolute atomic E-state index is 13.6. The Kier molecular flexibility index (Phi) is 7.65. The van der Waals surface area contributed by atoms with Gasteiger partial charge in [0.1, 0.15) is 22.9 Å². The van der Waals surface area contributed by atoms with Crippen LogP contribution in [0.1, 0.15) is 17.2 Å². The molecule has 0 bridgehead atoms. The van der Waals surface area contributed by atoms with E-state index in [-0.39, 0.29) is 12.3 Å². The summed E-state index contributed by atoms with van der Waals surface area (Å²) in [4.78, 5) is 40.6. The molecule has 0 unspecified atom stereocenters. The lowest BCUT2D eigenvalue weighted by Crippen LogP contribution is -2.71. The predicted molar refractivity (Wildman–Crippen MR) is 142 cm³/mol. The number of nitrogens with zero attached hydrogens (tertiary/aromatic N) is 1. The van der Waals surface area contributed by atoms with Crippen LogP contribution in [0.5, 0.6) is 5.75 Å². The van der Waals surface area contributed by atoms with Gasteiger partial charge in [0, 0.05) is 0 Å². The van der Waals surface area contributed by atoms with Crippen molar-refractivity contribution in [3.05, 3.63) is 114 Å². The maximum atomic E-state index is 13.6. The minimum absolute atomic E-state index is 0.0594. The molecule has 0 radical (unpaired) electrons. The molecule has 2 aliphatic rings. The number of β-lactam (4-membered cyclic amide) rings is 1. The van der Waals surface area contributed by atoms with E-state index >= 15 is 0 Å². The number of para-hydroxylation sites is 1. The number of methoxy groups -OCH3 is 1. The number of thioether (sulfide) groups is 1. The Morgan fingerprint density at radius 2 is 1.53 bits per heavy atom. The molecular formula is C29H26N2O6S. The van der Waals surface area contributed by atoms with Crippen LogP contribution in [0.25, 0.3) is 0 Å². The van der Waals surface area contributed by atoms with E-state index in [0.717, 1.165) is 11.1 Å². The first-order valence-electron chi connectivity index (χ1n) is 12.1. The Balaban J connectivity index is 1.31. The first-order chi connectivity index (χ1) is 18.6. The van der Waals surface area contributed by atoms with E-state index in [2.05, 4.69) is 5.32 Å². The van der Waals surface area contributed by atoms with Gasteiger partial charge in [0.05, 0.1) is 12.9 Å². The van der Waals surface area contributed by atoms with Crippen molar-refractivity contribution in [1.82, 2.24) is 10.2 Å². The van der Waals surface area contributed by atoms with Gasteiger partial charge in [-0.3, -0.25) is 14.5 Å². The average Bonchev–Trinajstić information content (AvgIpc) is 2.98. The average molecular weight is 531 g/mol. The van der Waals surface area contributed by atoms with Crippen molar-refractivity contribution in [3.63, 3.8) is 0 Å². The Morgan fingerprint density at radius 3 is 2.11 bits per heavy atom. The van der Waals surface area contributed by atoms with Crippen molar-refractivity contribution < 1.29 is 28.6 Å². The summed E-state index contributed by atoms with van der Waals surface area (Å²) in [5.74, 6) is -0.250. The molecule has 38 heavy (non-hydrogen) atoms. The number of carbonyl (C=O) groups excluding carboxylic acids is 3. The summed E-state index contributed by atoms with van der Waals surface area (Å²) in [5.41, 5.74) is 1.66. The second-order valence-electron chi connectivity index (χ2n) is 8.64. The van der Waals surface area contributed by atoms with Crippen molar-refractivity contribution in [1.29, 1.82) is 0 Å². The van der Waals surface area contributed by atoms with Gasteiger partial charge < -0.3 is 19.5 Å². The van der Waals surface area contributed by atoms with Crippen LogP contribution >= 0.6 is 11.8 Å². The van der Waals surface area contributed by atoms with Gasteiger partial charge in [0.2, 0.25) is 0 Å². The summed E-state index contributed by atoms with van der Waals surface area (Å²) in [5, 5.41) is 2.27. The highest BCUT2D eigenvalue weighted by molar-refractivity contribution is 8.00. The molecule has 0 saturated carbocycles. The Bertz CT molecular complexity index is 1290. The number of esters is 1. The molecule has 2 aliphatic heterocycles. The third-order valence-electron chi connectivity index (χ3n) is 6.23. The molecule has 5 rings (SSSR count). The summed E-state index contributed by atoms with van der Waals surface area (Å²) in [6.07, 6.45) is -0.675. The number of carbonyl (C=O) groups is 3. The largest absolute Gasteiger partial charge is 0.498 e. The fraction of sp³-hybridized carbons (Fsp3) is 0.207. The lowest BCUT2D eigenvalue weighted by atomic mass is 10.0. The SMILES string of the molecule is COC1=C(C(=O)OC(c2ccccc2)c2ccccc2)N2C(=O)[C@@H](NC(=O)COc3ccccc3)[C@@H]2SC1. The first kappa shape index (κ1) is 25.4. The molecule has 8 nitrogen and oxygen atoms in total. The summed E-state index contributed by atoms with van der Waals surface area (Å²) < 4.78 is 17.0. The lowest BCUT2D eigenvalue weighted by Gasteiger charge is -2.49. The van der Waals surface area contributed by atoms with Crippen LogP contribution in [0.2, 0.25) is 0 Å². The van der Waals surface area contributed by atoms with Crippen molar-refractivity contribution in [2.45, 2.75) is 17.5 Å². The smallest absolute Gasteiger partial charge is 0.359 e. The Labute approximate surface area is 224 Å². The van der Waals surface area contributed by atoms with E-state index in [0.29, 0.717) is 17.3 Å². The molecule has 1 fully saturated rings. The summed E-state index contributed by atoms with van der Waals surface area (Å²) in [7, 11) is 1.46. The lowest BCUT2D eigenvalue weighted by molar-refractivity contribution is -0.155. The second kappa shape index (κ2) is 11.4. The number of hydrogen-bond donors (Lipinski definition) is 1. The Hall–Kier alpha value is -4.24. The molecular weight excluding hydrogens is 504 g/mol. The van der Waals surface area contributed by atoms with E-state index < -0.39 is 35.3 Å². The van der Waals surface area contributed by atoms with E-state index in [1.807, 2.05) is 66.7 Å². The molecule has 2 heterocycles. The van der Waals surface area contributed by atoms with E-state index in [1.54, 1.807) is 24.3 Å². The van der Waals surface area contributed by atoms with Crippen molar-refractivity contribution in [2.75, 3.05) is 19.5 Å². The number of ether oxygens (including phenoxy) is 3. The third kappa shape index (κ3) is 5.24. The topological polar surface area (TPSA) is 94.2 Å². The Morgan fingerprint density at radius 1 is 0.947 bits per heavy atom. The zero-order chi connectivity index (χ0) is 26.5. The molecule has 2 atom stereocenters. The first-order valence-corrected chi connectivity index (χ1v) is 13.1. The van der Waals surface area contributed by atoms with Gasteiger partial charge in [-0.2, -0.15) is 0 Å². The fourth-order valence-electron chi connectivity index (χ4n) is 4.36. The number of fused-ring (bicyclic) bond motifs is 1. The molecule has 3 aromatic rings. The number of hydrogen-bond acceptors (Lipinski definition) is 7. The highest BCUT2D eigenvalue weighted by Crippen LogP contribution is 2.41. The normalized spacial score (nSPS) is 18.4. The van der Waals surface area contributed by atoms with Crippen molar-refractivity contribution >= 4 is 29.5 Å². The van der Waals surface area contributed by atoms with Gasteiger partial charge in [-0.1, -0.05) is 78.9 Å². The molecule has 1 saturated heterocycles. The van der Waals surface area contributed by atoms with Crippen LogP contribution in [0, 0.1) is 0 Å². The number of rotatable bonds is 9. The standard InChI is InChI=1S/C29H26N2O6S/c1-35-22-18-38-28-24(30-23(32)17-36-21-15-9-4-10-16-21)27(33)31(28)25(22)29(34)37-26(19-11-5-2-6-12-19)20-13-7-3-8-14-20/h2-16,24,26,28H,17-18H2,1H3,(H,30,32)/t24-,28+/m1/s1. The van der Waals surface area contributed by atoms with Crippen LogP contribution in [0.15, 0.2) is 102 Å². The summed E-state index contributed by atoms with van der Waals surface area (Å²) >= 11 is 1.41. The minimum atomic E-state index is -0.785. The number of nitrogens with one attached hydrogen (secondary N) is 1. The second-order valence-corrected chi connectivity index (χ2v) is 9.74. The van der Waals surface area contributed by atoms with Crippen LogP contribution in [-0.2, 0) is 23.9 Å². The predicted octanol–water partition coefficient (Wildman–Crippen LogP) is 3.66. The van der Waals surface area contributed by atoms with Gasteiger partial charge in [0.15, 0.2) is 18.4 Å². The van der Waals surface area contributed by atoms with Gasteiger partial charge in [-0.15, -0.1) is 11.8 Å². The molecule has 3 aromatic carbocycles. The van der Waals surface area contributed by atoms with Gasteiger partial charge in [-0.25, -0.2) is 4.79 Å². The molecule has 0 aromatic heterocycles. The van der Waals surface area contributed by atoms with E-state index in [4.69, 9.17) is 14.2 Å². The quantitative estimate of drug-likeness (QED) is 0.333. The molecule has 0 spiro atoms. The molecule has 9 heteroatoms. The minimum Gasteiger partial charge on any atom is -0.498 e. The highest BCUT2D eigenvalue weighted by atomic mass is 32.2. The molecule has 1 N–H and O–H groups in total. The van der Waals surface area contributed by atoms with Crippen molar-refractivity contribution in [2.24, 2.45) is 0 Å². The fourth-order valence-corrected chi connectivity index (χ4v) is 5.68. The number of benzene rings is 3. The molecule has 194 valence electrons. The summed E-state index contributed by atoms with van der Waals surface area (Å²) in [6, 6.07) is 27.0. The van der Waals surface area contributed by atoms with E-state index in [1.165, 1.54) is 23.8 Å². The van der Waals surface area contributed by atoms with Crippen LogP contribution < -0.4 is 10.1 Å². The van der Waals surface area contributed by atoms with Crippen molar-refractivity contribution in [3.8, 4) is 5.75 Å².